The third kappa shape index (κ3) is 3.30. The second-order valence-electron chi connectivity index (χ2n) is 4.38. The fraction of sp³-hybridized carbons (Fsp3) is 0.500. The Morgan fingerprint density at radius 1 is 1.41 bits per heavy atom. The van der Waals surface area contributed by atoms with Crippen LogP contribution in [0.4, 0.5) is 0 Å². The molecule has 0 radical (unpaired) electrons. The maximum Gasteiger partial charge on any atom is 0.222 e. The van der Waals surface area contributed by atoms with Crippen LogP contribution in [-0.2, 0) is 16.0 Å². The highest BCUT2D eigenvalue weighted by Gasteiger charge is 2.23. The summed E-state index contributed by atoms with van der Waals surface area (Å²) < 4.78 is 5.71. The summed E-state index contributed by atoms with van der Waals surface area (Å²) >= 11 is 0. The molecule has 1 amide bonds. The highest BCUT2D eigenvalue weighted by atomic mass is 16.5. The van der Waals surface area contributed by atoms with Gasteiger partial charge >= 0.3 is 0 Å². The van der Waals surface area contributed by atoms with E-state index in [2.05, 4.69) is 12.1 Å². The Balaban J connectivity index is 1.92. The van der Waals surface area contributed by atoms with Crippen LogP contribution in [0.1, 0.15) is 18.9 Å². The van der Waals surface area contributed by atoms with Crippen LogP contribution < -0.4 is 0 Å². The van der Waals surface area contributed by atoms with E-state index in [1.807, 2.05) is 30.0 Å². The molecule has 1 saturated heterocycles. The van der Waals surface area contributed by atoms with Gasteiger partial charge in [0.15, 0.2) is 0 Å². The minimum absolute atomic E-state index is 0.140. The van der Waals surface area contributed by atoms with Gasteiger partial charge in [0.25, 0.3) is 0 Å². The largest absolute Gasteiger partial charge is 0.374 e. The highest BCUT2D eigenvalue weighted by Crippen LogP contribution is 2.12. The number of carbonyl (C=O) groups excluding carboxylic acids is 1. The first kappa shape index (κ1) is 12.1. The number of morpholine rings is 1. The topological polar surface area (TPSA) is 29.5 Å². The molecule has 1 aromatic rings. The Morgan fingerprint density at radius 2 is 2.18 bits per heavy atom. The average Bonchev–Trinajstić information content (AvgIpc) is 2.39. The Hall–Kier alpha value is -1.35. The van der Waals surface area contributed by atoms with Crippen molar-refractivity contribution in [2.24, 2.45) is 0 Å². The maximum absolute atomic E-state index is 11.6. The Labute approximate surface area is 102 Å². The van der Waals surface area contributed by atoms with Crippen molar-refractivity contribution >= 4 is 5.91 Å². The monoisotopic (exact) mass is 233 g/mol. The minimum atomic E-state index is 0.140. The molecule has 17 heavy (non-hydrogen) atoms. The first-order valence-electron chi connectivity index (χ1n) is 6.23. The smallest absolute Gasteiger partial charge is 0.222 e. The van der Waals surface area contributed by atoms with Gasteiger partial charge in [-0.15, -0.1) is 0 Å². The molecule has 3 nitrogen and oxygen atoms in total. The van der Waals surface area contributed by atoms with Gasteiger partial charge in [0.1, 0.15) is 0 Å². The minimum Gasteiger partial charge on any atom is -0.374 e. The second kappa shape index (κ2) is 5.82. The number of benzene rings is 1. The van der Waals surface area contributed by atoms with Crippen molar-refractivity contribution in [2.75, 3.05) is 19.7 Å². The van der Waals surface area contributed by atoms with Gasteiger partial charge < -0.3 is 9.64 Å². The van der Waals surface area contributed by atoms with E-state index in [1.54, 1.807) is 0 Å². The zero-order valence-electron chi connectivity index (χ0n) is 10.3. The molecule has 1 atom stereocenters. The predicted octanol–water partition coefficient (Wildman–Crippen LogP) is 1.87. The van der Waals surface area contributed by atoms with Crippen molar-refractivity contribution < 1.29 is 9.53 Å². The van der Waals surface area contributed by atoms with E-state index < -0.39 is 0 Å². The molecular formula is C14H19NO2. The molecule has 1 unspecified atom stereocenters. The van der Waals surface area contributed by atoms with Crippen LogP contribution in [0.15, 0.2) is 30.3 Å². The van der Waals surface area contributed by atoms with Gasteiger partial charge in [-0.3, -0.25) is 4.79 Å². The summed E-state index contributed by atoms with van der Waals surface area (Å²) in [6.45, 7) is 4.02. The van der Waals surface area contributed by atoms with Crippen molar-refractivity contribution in [3.8, 4) is 0 Å². The molecule has 1 fully saturated rings. The van der Waals surface area contributed by atoms with Gasteiger partial charge in [0, 0.05) is 25.9 Å². The van der Waals surface area contributed by atoms with Gasteiger partial charge in [0.2, 0.25) is 5.91 Å². The summed E-state index contributed by atoms with van der Waals surface area (Å²) in [4.78, 5) is 13.5. The molecule has 0 saturated carbocycles. The standard InChI is InChI=1S/C14H19NO2/c1-2-14(16)15-8-9-17-13(11-15)10-12-6-4-3-5-7-12/h3-7,13H,2,8-11H2,1H3. The fourth-order valence-electron chi connectivity index (χ4n) is 2.17. The van der Waals surface area contributed by atoms with Crippen LogP contribution in [0.2, 0.25) is 0 Å². The van der Waals surface area contributed by atoms with Crippen molar-refractivity contribution in [1.29, 1.82) is 0 Å². The van der Waals surface area contributed by atoms with Crippen LogP contribution in [0.25, 0.3) is 0 Å². The number of hydrogen-bond acceptors (Lipinski definition) is 2. The molecule has 0 aliphatic carbocycles. The van der Waals surface area contributed by atoms with Crippen molar-refractivity contribution in [2.45, 2.75) is 25.9 Å². The highest BCUT2D eigenvalue weighted by molar-refractivity contribution is 5.75. The molecule has 1 heterocycles. The van der Waals surface area contributed by atoms with Crippen molar-refractivity contribution in [3.05, 3.63) is 35.9 Å². The number of ether oxygens (including phenoxy) is 1. The number of carbonyl (C=O) groups is 1. The molecule has 1 aliphatic rings. The van der Waals surface area contributed by atoms with Gasteiger partial charge in [-0.1, -0.05) is 37.3 Å². The van der Waals surface area contributed by atoms with Crippen LogP contribution in [0, 0.1) is 0 Å². The number of hydrogen-bond donors (Lipinski definition) is 0. The van der Waals surface area contributed by atoms with E-state index in [-0.39, 0.29) is 12.0 Å². The SMILES string of the molecule is CCC(=O)N1CCOC(Cc2ccccc2)C1. The average molecular weight is 233 g/mol. The van der Waals surface area contributed by atoms with Crippen LogP contribution in [-0.4, -0.2) is 36.6 Å². The molecule has 0 aromatic heterocycles. The lowest BCUT2D eigenvalue weighted by molar-refractivity contribution is -0.138. The first-order chi connectivity index (χ1) is 8.29. The summed E-state index contributed by atoms with van der Waals surface area (Å²) in [7, 11) is 0. The molecule has 1 aliphatic heterocycles. The number of nitrogens with zero attached hydrogens (tertiary/aromatic N) is 1. The van der Waals surface area contributed by atoms with E-state index in [9.17, 15) is 4.79 Å². The van der Waals surface area contributed by atoms with Crippen LogP contribution in [0.3, 0.4) is 0 Å². The lowest BCUT2D eigenvalue weighted by Crippen LogP contribution is -2.46. The number of rotatable bonds is 3. The summed E-state index contributed by atoms with van der Waals surface area (Å²) in [5.74, 6) is 0.228. The maximum atomic E-state index is 11.6. The van der Waals surface area contributed by atoms with Crippen LogP contribution in [0.5, 0.6) is 0 Å². The van der Waals surface area contributed by atoms with Gasteiger partial charge in [-0.2, -0.15) is 0 Å². The zero-order chi connectivity index (χ0) is 12.1. The molecule has 92 valence electrons. The molecule has 3 heteroatoms. The van der Waals surface area contributed by atoms with Gasteiger partial charge in [-0.25, -0.2) is 0 Å². The summed E-state index contributed by atoms with van der Waals surface area (Å²) in [5.41, 5.74) is 1.27. The lowest BCUT2D eigenvalue weighted by Gasteiger charge is -2.33. The molecule has 0 bridgehead atoms. The third-order valence-electron chi connectivity index (χ3n) is 3.10. The van der Waals surface area contributed by atoms with Crippen molar-refractivity contribution in [1.82, 2.24) is 4.90 Å². The summed E-state index contributed by atoms with van der Waals surface area (Å²) in [6.07, 6.45) is 1.61. The predicted molar refractivity (Wildman–Crippen MR) is 66.8 cm³/mol. The van der Waals surface area contributed by atoms with E-state index >= 15 is 0 Å². The van der Waals surface area contributed by atoms with Gasteiger partial charge in [-0.05, 0) is 5.56 Å². The Kier molecular flexibility index (Phi) is 4.15. The Morgan fingerprint density at radius 3 is 2.88 bits per heavy atom. The normalized spacial score (nSPS) is 20.3. The van der Waals surface area contributed by atoms with E-state index in [0.29, 0.717) is 13.0 Å². The van der Waals surface area contributed by atoms with Crippen molar-refractivity contribution in [3.63, 3.8) is 0 Å². The lowest BCUT2D eigenvalue weighted by atomic mass is 10.1. The molecule has 0 N–H and O–H groups in total. The van der Waals surface area contributed by atoms with Crippen LogP contribution >= 0.6 is 0 Å². The molecular weight excluding hydrogens is 214 g/mol. The third-order valence-corrected chi connectivity index (χ3v) is 3.10. The summed E-state index contributed by atoms with van der Waals surface area (Å²) in [6, 6.07) is 10.3. The molecule has 0 spiro atoms. The van der Waals surface area contributed by atoms with E-state index in [4.69, 9.17) is 4.74 Å². The summed E-state index contributed by atoms with van der Waals surface area (Å²) in [5, 5.41) is 0. The molecule has 2 rings (SSSR count). The zero-order valence-corrected chi connectivity index (χ0v) is 10.3. The fourth-order valence-corrected chi connectivity index (χ4v) is 2.17. The molecule has 1 aromatic carbocycles. The first-order valence-corrected chi connectivity index (χ1v) is 6.23. The van der Waals surface area contributed by atoms with Gasteiger partial charge in [0.05, 0.1) is 12.7 Å². The quantitative estimate of drug-likeness (QED) is 0.797. The van der Waals surface area contributed by atoms with E-state index in [1.165, 1.54) is 5.56 Å². The Bertz CT molecular complexity index is 364. The second-order valence-corrected chi connectivity index (χ2v) is 4.38. The van der Waals surface area contributed by atoms with E-state index in [0.717, 1.165) is 19.5 Å². The number of amides is 1.